The predicted octanol–water partition coefficient (Wildman–Crippen LogP) is 2.73. The van der Waals surface area contributed by atoms with E-state index in [9.17, 15) is 8.42 Å². The van der Waals surface area contributed by atoms with Gasteiger partial charge in [0.25, 0.3) is 10.0 Å². The molecule has 2 heterocycles. The molecule has 0 saturated carbocycles. The van der Waals surface area contributed by atoms with Crippen molar-refractivity contribution in [3.05, 3.63) is 16.5 Å². The Bertz CT molecular complexity index is 552. The SMILES string of the molecule is CCCNCc1sc(S(=O)(=O)N2CCCC2C)cc1C. The lowest BCUT2D eigenvalue weighted by molar-refractivity contribution is 0.409. The standard InChI is InChI=1S/C14H24N2O2S2/c1-4-7-15-10-13-11(2)9-14(19-13)20(17,18)16-8-5-6-12(16)3/h9,12,15H,4-8,10H2,1-3H3. The topological polar surface area (TPSA) is 49.4 Å². The molecule has 1 fully saturated rings. The summed E-state index contributed by atoms with van der Waals surface area (Å²) in [6.07, 6.45) is 3.02. The minimum atomic E-state index is -3.30. The zero-order valence-electron chi connectivity index (χ0n) is 12.5. The van der Waals surface area contributed by atoms with Gasteiger partial charge in [0.1, 0.15) is 4.21 Å². The minimum Gasteiger partial charge on any atom is -0.312 e. The fraction of sp³-hybridized carbons (Fsp3) is 0.714. The molecule has 4 nitrogen and oxygen atoms in total. The first kappa shape index (κ1) is 15.9. The van der Waals surface area contributed by atoms with E-state index in [0.717, 1.165) is 42.8 Å². The predicted molar refractivity (Wildman–Crippen MR) is 83.6 cm³/mol. The molecular formula is C14H24N2O2S2. The van der Waals surface area contributed by atoms with Crippen molar-refractivity contribution < 1.29 is 8.42 Å². The van der Waals surface area contributed by atoms with E-state index >= 15 is 0 Å². The van der Waals surface area contributed by atoms with Gasteiger partial charge in [-0.25, -0.2) is 8.42 Å². The Morgan fingerprint density at radius 3 is 2.85 bits per heavy atom. The molecule has 1 saturated heterocycles. The van der Waals surface area contributed by atoms with Gasteiger partial charge in [0.05, 0.1) is 0 Å². The Labute approximate surface area is 126 Å². The van der Waals surface area contributed by atoms with E-state index in [1.54, 1.807) is 4.31 Å². The fourth-order valence-electron chi connectivity index (χ4n) is 2.55. The van der Waals surface area contributed by atoms with Crippen LogP contribution in [0.25, 0.3) is 0 Å². The third-order valence-electron chi connectivity index (χ3n) is 3.77. The van der Waals surface area contributed by atoms with Crippen LogP contribution in [-0.4, -0.2) is 31.9 Å². The molecule has 0 aromatic carbocycles. The molecule has 0 amide bonds. The Balaban J connectivity index is 2.18. The summed E-state index contributed by atoms with van der Waals surface area (Å²) in [5.41, 5.74) is 1.07. The number of nitrogens with one attached hydrogen (secondary N) is 1. The molecule has 1 N–H and O–H groups in total. The van der Waals surface area contributed by atoms with Crippen molar-refractivity contribution in [1.29, 1.82) is 0 Å². The summed E-state index contributed by atoms with van der Waals surface area (Å²) in [7, 11) is -3.30. The fourth-order valence-corrected chi connectivity index (χ4v) is 5.94. The molecule has 1 unspecified atom stereocenters. The van der Waals surface area contributed by atoms with Crippen LogP contribution in [0.4, 0.5) is 0 Å². The van der Waals surface area contributed by atoms with Crippen LogP contribution in [0.3, 0.4) is 0 Å². The van der Waals surface area contributed by atoms with Gasteiger partial charge in [-0.1, -0.05) is 6.92 Å². The van der Waals surface area contributed by atoms with Crippen LogP contribution in [0, 0.1) is 6.92 Å². The third kappa shape index (κ3) is 3.24. The van der Waals surface area contributed by atoms with E-state index in [1.165, 1.54) is 11.3 Å². The highest BCUT2D eigenvalue weighted by Crippen LogP contribution is 2.32. The van der Waals surface area contributed by atoms with Crippen LogP contribution >= 0.6 is 11.3 Å². The van der Waals surface area contributed by atoms with Gasteiger partial charge in [-0.3, -0.25) is 0 Å². The molecule has 0 bridgehead atoms. The largest absolute Gasteiger partial charge is 0.312 e. The molecule has 114 valence electrons. The average Bonchev–Trinajstić information content (AvgIpc) is 2.97. The van der Waals surface area contributed by atoms with Gasteiger partial charge in [-0.2, -0.15) is 4.31 Å². The lowest BCUT2D eigenvalue weighted by Crippen LogP contribution is -2.33. The highest BCUT2D eigenvalue weighted by Gasteiger charge is 2.33. The Kier molecular flexibility index (Phi) is 5.23. The molecular weight excluding hydrogens is 292 g/mol. The number of sulfonamides is 1. The van der Waals surface area contributed by atoms with Gasteiger partial charge in [0, 0.05) is 24.0 Å². The molecule has 1 atom stereocenters. The second-order valence-corrected chi connectivity index (χ2v) is 8.71. The van der Waals surface area contributed by atoms with E-state index < -0.39 is 10.0 Å². The normalized spacial score (nSPS) is 20.6. The molecule has 0 spiro atoms. The molecule has 1 aliphatic heterocycles. The molecule has 1 aliphatic rings. The molecule has 1 aromatic heterocycles. The van der Waals surface area contributed by atoms with Crippen molar-refractivity contribution in [2.45, 2.75) is 56.8 Å². The molecule has 1 aromatic rings. The lowest BCUT2D eigenvalue weighted by atomic mass is 10.3. The van der Waals surface area contributed by atoms with E-state index in [2.05, 4.69) is 12.2 Å². The zero-order chi connectivity index (χ0) is 14.8. The van der Waals surface area contributed by atoms with Crippen LogP contribution < -0.4 is 5.32 Å². The summed E-state index contributed by atoms with van der Waals surface area (Å²) >= 11 is 1.41. The summed E-state index contributed by atoms with van der Waals surface area (Å²) in [5, 5.41) is 3.34. The number of hydrogen-bond donors (Lipinski definition) is 1. The number of thiophene rings is 1. The summed E-state index contributed by atoms with van der Waals surface area (Å²) in [6.45, 7) is 8.49. The molecule has 0 aliphatic carbocycles. The van der Waals surface area contributed by atoms with Crippen LogP contribution in [0.1, 0.15) is 43.6 Å². The highest BCUT2D eigenvalue weighted by atomic mass is 32.2. The number of nitrogens with zero attached hydrogens (tertiary/aromatic N) is 1. The maximum absolute atomic E-state index is 12.7. The highest BCUT2D eigenvalue weighted by molar-refractivity contribution is 7.91. The summed E-state index contributed by atoms with van der Waals surface area (Å²) in [5.74, 6) is 0. The first-order chi connectivity index (χ1) is 9.46. The van der Waals surface area contributed by atoms with E-state index in [-0.39, 0.29) is 6.04 Å². The maximum Gasteiger partial charge on any atom is 0.252 e. The van der Waals surface area contributed by atoms with Crippen LogP contribution in [0.15, 0.2) is 10.3 Å². The maximum atomic E-state index is 12.7. The Morgan fingerprint density at radius 2 is 2.25 bits per heavy atom. The van der Waals surface area contributed by atoms with Crippen molar-refractivity contribution >= 4 is 21.4 Å². The summed E-state index contributed by atoms with van der Waals surface area (Å²) in [4.78, 5) is 1.13. The first-order valence-corrected chi connectivity index (χ1v) is 9.54. The Morgan fingerprint density at radius 1 is 1.50 bits per heavy atom. The van der Waals surface area contributed by atoms with Crippen LogP contribution in [0.2, 0.25) is 0 Å². The van der Waals surface area contributed by atoms with Crippen molar-refractivity contribution in [3.8, 4) is 0 Å². The number of hydrogen-bond acceptors (Lipinski definition) is 4. The number of rotatable bonds is 6. The van der Waals surface area contributed by atoms with Crippen LogP contribution in [-0.2, 0) is 16.6 Å². The van der Waals surface area contributed by atoms with Gasteiger partial charge in [-0.05, 0) is 51.3 Å². The van der Waals surface area contributed by atoms with Gasteiger partial charge in [-0.15, -0.1) is 11.3 Å². The van der Waals surface area contributed by atoms with Gasteiger partial charge < -0.3 is 5.32 Å². The lowest BCUT2D eigenvalue weighted by Gasteiger charge is -2.19. The Hall–Kier alpha value is -0.430. The molecule has 6 heteroatoms. The second kappa shape index (κ2) is 6.56. The monoisotopic (exact) mass is 316 g/mol. The van der Waals surface area contributed by atoms with Crippen molar-refractivity contribution in [2.75, 3.05) is 13.1 Å². The minimum absolute atomic E-state index is 0.129. The second-order valence-electron chi connectivity index (χ2n) is 5.46. The van der Waals surface area contributed by atoms with Crippen LogP contribution in [0.5, 0.6) is 0 Å². The van der Waals surface area contributed by atoms with E-state index in [1.807, 2.05) is 19.9 Å². The quantitative estimate of drug-likeness (QED) is 0.821. The van der Waals surface area contributed by atoms with Crippen molar-refractivity contribution in [2.24, 2.45) is 0 Å². The molecule has 2 rings (SSSR count). The van der Waals surface area contributed by atoms with Crippen molar-refractivity contribution in [1.82, 2.24) is 9.62 Å². The number of aryl methyl sites for hydroxylation is 1. The molecule has 0 radical (unpaired) electrons. The average molecular weight is 316 g/mol. The third-order valence-corrected chi connectivity index (χ3v) is 7.47. The van der Waals surface area contributed by atoms with E-state index in [0.29, 0.717) is 10.8 Å². The van der Waals surface area contributed by atoms with Gasteiger partial charge in [0.15, 0.2) is 0 Å². The summed E-state index contributed by atoms with van der Waals surface area (Å²) < 4.78 is 27.5. The zero-order valence-corrected chi connectivity index (χ0v) is 14.1. The van der Waals surface area contributed by atoms with Gasteiger partial charge in [0.2, 0.25) is 0 Å². The smallest absolute Gasteiger partial charge is 0.252 e. The van der Waals surface area contributed by atoms with E-state index in [4.69, 9.17) is 0 Å². The first-order valence-electron chi connectivity index (χ1n) is 7.28. The van der Waals surface area contributed by atoms with Crippen molar-refractivity contribution in [3.63, 3.8) is 0 Å². The summed E-state index contributed by atoms with van der Waals surface area (Å²) in [6, 6.07) is 1.96. The van der Waals surface area contributed by atoms with Gasteiger partial charge >= 0.3 is 0 Å². The molecule has 20 heavy (non-hydrogen) atoms.